The van der Waals surface area contributed by atoms with Crippen molar-refractivity contribution in [3.8, 4) is 0 Å². The second-order valence-corrected chi connectivity index (χ2v) is 6.35. The highest BCUT2D eigenvalue weighted by atomic mass is 32.2. The molecule has 0 fully saturated rings. The number of para-hydroxylation sites is 2. The van der Waals surface area contributed by atoms with E-state index in [2.05, 4.69) is 9.38 Å². The number of nitrogens with zero attached hydrogens (tertiary/aromatic N) is 2. The van der Waals surface area contributed by atoms with Crippen LogP contribution in [0.15, 0.2) is 71.9 Å². The van der Waals surface area contributed by atoms with E-state index in [0.29, 0.717) is 5.56 Å². The second-order valence-electron chi connectivity index (χ2n) is 5.39. The van der Waals surface area contributed by atoms with Crippen molar-refractivity contribution in [3.63, 3.8) is 0 Å². The molecule has 0 aliphatic carbocycles. The number of aromatic nitrogens is 2. The van der Waals surface area contributed by atoms with Crippen LogP contribution in [0.2, 0.25) is 0 Å². The molecular weight excluding hydrogens is 323 g/mol. The fraction of sp³-hybridized carbons (Fsp3) is 0.0526. The van der Waals surface area contributed by atoms with Gasteiger partial charge in [0.1, 0.15) is 10.8 Å². The Balaban J connectivity index is 1.65. The van der Waals surface area contributed by atoms with Crippen LogP contribution in [0, 0.1) is 5.82 Å². The molecule has 2 aromatic carbocycles. The number of rotatable bonds is 4. The minimum Gasteiger partial charge on any atom is -0.313 e. The Labute approximate surface area is 142 Å². The van der Waals surface area contributed by atoms with Gasteiger partial charge in [0.2, 0.25) is 0 Å². The summed E-state index contributed by atoms with van der Waals surface area (Å²) in [7, 11) is 0. The first-order valence-electron chi connectivity index (χ1n) is 7.50. The molecule has 0 atom stereocenters. The van der Waals surface area contributed by atoms with Gasteiger partial charge in [0, 0.05) is 11.8 Å². The van der Waals surface area contributed by atoms with Gasteiger partial charge in [0.05, 0.1) is 22.3 Å². The number of thioether (sulfide) groups is 1. The number of hydrogen-bond donors (Lipinski definition) is 0. The maximum absolute atomic E-state index is 13.0. The maximum atomic E-state index is 13.0. The molecule has 0 N–H and O–H groups in total. The van der Waals surface area contributed by atoms with Crippen LogP contribution < -0.4 is 0 Å². The Morgan fingerprint density at radius 3 is 2.58 bits per heavy atom. The third kappa shape index (κ3) is 2.67. The van der Waals surface area contributed by atoms with Gasteiger partial charge >= 0.3 is 0 Å². The van der Waals surface area contributed by atoms with Gasteiger partial charge in [-0.3, -0.25) is 4.79 Å². The summed E-state index contributed by atoms with van der Waals surface area (Å²) in [5.41, 5.74) is 3.41. The minimum absolute atomic E-state index is 0.0420. The molecule has 0 bridgehead atoms. The van der Waals surface area contributed by atoms with Gasteiger partial charge in [-0.25, -0.2) is 9.37 Å². The zero-order chi connectivity index (χ0) is 16.5. The Morgan fingerprint density at radius 2 is 1.75 bits per heavy atom. The summed E-state index contributed by atoms with van der Waals surface area (Å²) in [6, 6.07) is 17.5. The molecule has 0 saturated carbocycles. The van der Waals surface area contributed by atoms with E-state index in [4.69, 9.17) is 0 Å². The van der Waals surface area contributed by atoms with E-state index in [0.717, 1.165) is 21.6 Å². The van der Waals surface area contributed by atoms with Crippen molar-refractivity contribution in [1.82, 2.24) is 9.38 Å². The Kier molecular flexibility index (Phi) is 3.78. The van der Waals surface area contributed by atoms with Crippen LogP contribution in [0.4, 0.5) is 4.39 Å². The molecule has 4 aromatic rings. The van der Waals surface area contributed by atoms with Crippen molar-refractivity contribution >= 4 is 34.1 Å². The monoisotopic (exact) mass is 336 g/mol. The highest BCUT2D eigenvalue weighted by Gasteiger charge is 2.12. The lowest BCUT2D eigenvalue weighted by Crippen LogP contribution is -2.03. The average Bonchev–Trinajstić information content (AvgIpc) is 3.10. The molecule has 0 amide bonds. The number of benzene rings is 2. The summed E-state index contributed by atoms with van der Waals surface area (Å²) in [5.74, 6) is -0.123. The molecule has 0 aliphatic heterocycles. The highest BCUT2D eigenvalue weighted by Crippen LogP contribution is 2.27. The molecule has 0 aliphatic rings. The lowest BCUT2D eigenvalue weighted by atomic mass is 10.1. The number of ketones is 1. The van der Waals surface area contributed by atoms with Crippen molar-refractivity contribution < 1.29 is 9.18 Å². The predicted molar refractivity (Wildman–Crippen MR) is 94.2 cm³/mol. The fourth-order valence-corrected chi connectivity index (χ4v) is 3.57. The zero-order valence-corrected chi connectivity index (χ0v) is 13.5. The number of halogens is 1. The standard InChI is InChI=1S/C19H13FN2OS/c20-14-9-7-13(8-10-14)18(23)12-24-19-17-6-3-11-22(17)16-5-2-1-4-15(16)21-19/h1-11H,12H2. The lowest BCUT2D eigenvalue weighted by Gasteiger charge is -2.08. The normalized spacial score (nSPS) is 11.2. The predicted octanol–water partition coefficient (Wildman–Crippen LogP) is 4.60. The van der Waals surface area contributed by atoms with E-state index in [1.54, 1.807) is 0 Å². The minimum atomic E-state index is -0.342. The van der Waals surface area contributed by atoms with Gasteiger partial charge in [-0.2, -0.15) is 0 Å². The zero-order valence-electron chi connectivity index (χ0n) is 12.6. The summed E-state index contributed by atoms with van der Waals surface area (Å²) < 4.78 is 15.0. The van der Waals surface area contributed by atoms with Crippen LogP contribution in [0.3, 0.4) is 0 Å². The maximum Gasteiger partial charge on any atom is 0.173 e. The first-order valence-corrected chi connectivity index (χ1v) is 8.48. The molecule has 4 rings (SSSR count). The second kappa shape index (κ2) is 6.09. The molecule has 0 radical (unpaired) electrons. The Morgan fingerprint density at radius 1 is 1.00 bits per heavy atom. The molecule has 5 heteroatoms. The molecule has 0 unspecified atom stereocenters. The average molecular weight is 336 g/mol. The van der Waals surface area contributed by atoms with Crippen LogP contribution in [0.25, 0.3) is 16.6 Å². The summed E-state index contributed by atoms with van der Waals surface area (Å²) in [5, 5.41) is 0.814. The first kappa shape index (κ1) is 14.9. The van der Waals surface area contributed by atoms with Gasteiger partial charge < -0.3 is 4.40 Å². The summed E-state index contributed by atoms with van der Waals surface area (Å²) in [6.45, 7) is 0. The van der Waals surface area contributed by atoms with Gasteiger partial charge in [-0.15, -0.1) is 0 Å². The SMILES string of the molecule is O=C(CSc1nc2ccccc2n2cccc12)c1ccc(F)cc1. The largest absolute Gasteiger partial charge is 0.313 e. The Hall–Kier alpha value is -2.66. The third-order valence-corrected chi connectivity index (χ3v) is 4.82. The molecule has 3 nitrogen and oxygen atoms in total. The molecule has 2 heterocycles. The summed E-state index contributed by atoms with van der Waals surface area (Å²) in [4.78, 5) is 17.0. The van der Waals surface area contributed by atoms with Crippen molar-refractivity contribution in [3.05, 3.63) is 78.2 Å². The van der Waals surface area contributed by atoms with Gasteiger partial charge in [0.15, 0.2) is 5.78 Å². The smallest absolute Gasteiger partial charge is 0.173 e. The van der Waals surface area contributed by atoms with Gasteiger partial charge in [-0.1, -0.05) is 23.9 Å². The number of Topliss-reactive ketones (excluding diaryl/α,β-unsaturated/α-hetero) is 1. The molecule has 0 saturated heterocycles. The van der Waals surface area contributed by atoms with Crippen molar-refractivity contribution in [1.29, 1.82) is 0 Å². The van der Waals surface area contributed by atoms with Crippen LogP contribution >= 0.6 is 11.8 Å². The van der Waals surface area contributed by atoms with Crippen LogP contribution in [0.5, 0.6) is 0 Å². The van der Waals surface area contributed by atoms with Crippen LogP contribution in [-0.4, -0.2) is 20.9 Å². The van der Waals surface area contributed by atoms with E-state index < -0.39 is 0 Å². The molecule has 24 heavy (non-hydrogen) atoms. The van der Waals surface area contributed by atoms with E-state index in [1.165, 1.54) is 36.0 Å². The Bertz CT molecular complexity index is 1040. The number of hydrogen-bond acceptors (Lipinski definition) is 3. The first-order chi connectivity index (χ1) is 11.7. The third-order valence-electron chi connectivity index (χ3n) is 3.84. The molecular formula is C19H13FN2OS. The number of carbonyl (C=O) groups excluding carboxylic acids is 1. The number of fused-ring (bicyclic) bond motifs is 3. The quantitative estimate of drug-likeness (QED) is 0.403. The summed E-state index contributed by atoms with van der Waals surface area (Å²) in [6.07, 6.45) is 1.99. The van der Waals surface area contributed by atoms with E-state index in [-0.39, 0.29) is 17.4 Å². The van der Waals surface area contributed by atoms with Crippen molar-refractivity contribution in [2.24, 2.45) is 0 Å². The van der Waals surface area contributed by atoms with Crippen LogP contribution in [-0.2, 0) is 0 Å². The van der Waals surface area contributed by atoms with Crippen molar-refractivity contribution in [2.75, 3.05) is 5.75 Å². The lowest BCUT2D eigenvalue weighted by molar-refractivity contribution is 0.102. The number of carbonyl (C=O) groups is 1. The van der Waals surface area contributed by atoms with Gasteiger partial charge in [-0.05, 0) is 48.5 Å². The highest BCUT2D eigenvalue weighted by molar-refractivity contribution is 8.00. The van der Waals surface area contributed by atoms with Crippen LogP contribution in [0.1, 0.15) is 10.4 Å². The van der Waals surface area contributed by atoms with E-state index >= 15 is 0 Å². The van der Waals surface area contributed by atoms with E-state index in [9.17, 15) is 9.18 Å². The summed E-state index contributed by atoms with van der Waals surface area (Å²) >= 11 is 1.40. The van der Waals surface area contributed by atoms with E-state index in [1.807, 2.05) is 42.6 Å². The van der Waals surface area contributed by atoms with Gasteiger partial charge in [0.25, 0.3) is 0 Å². The molecule has 2 aromatic heterocycles. The molecule has 118 valence electrons. The fourth-order valence-electron chi connectivity index (χ4n) is 2.65. The topological polar surface area (TPSA) is 34.4 Å². The van der Waals surface area contributed by atoms with Crippen molar-refractivity contribution in [2.45, 2.75) is 5.03 Å². The molecule has 0 spiro atoms.